The number of hydrogen-bond acceptors (Lipinski definition) is 5. The zero-order chi connectivity index (χ0) is 30.8. The molecule has 1 atom stereocenters. The number of aromatic nitrogens is 2. The molecule has 3 aromatic rings. The van der Waals surface area contributed by atoms with Crippen LogP contribution in [0, 0.1) is 6.57 Å². The lowest BCUT2D eigenvalue weighted by molar-refractivity contribution is 0.244. The number of benzene rings is 2. The van der Waals surface area contributed by atoms with Gasteiger partial charge in [-0.05, 0) is 68.8 Å². The number of ether oxygens (including phenoxy) is 1. The minimum Gasteiger partial charge on any atom is -0.502 e. The van der Waals surface area contributed by atoms with Crippen LogP contribution in [0.2, 0.25) is 0 Å². The van der Waals surface area contributed by atoms with Crippen molar-refractivity contribution in [2.24, 2.45) is 0 Å². The lowest BCUT2D eigenvalue weighted by atomic mass is 10.0. The summed E-state index contributed by atoms with van der Waals surface area (Å²) in [6.07, 6.45) is -5.14. The van der Waals surface area contributed by atoms with Crippen molar-refractivity contribution in [3.8, 4) is 28.6 Å². The van der Waals surface area contributed by atoms with E-state index in [1.807, 2.05) is 0 Å². The molecule has 0 fully saturated rings. The van der Waals surface area contributed by atoms with Crippen LogP contribution in [0.3, 0.4) is 0 Å². The molecule has 0 unspecified atom stereocenters. The molecule has 154 valence electrons. The van der Waals surface area contributed by atoms with Crippen LogP contribution < -0.4 is 10.1 Å². The van der Waals surface area contributed by atoms with Crippen molar-refractivity contribution in [2.75, 3.05) is 6.54 Å². The minimum atomic E-state index is -2.39. The highest BCUT2D eigenvalue weighted by Gasteiger charge is 2.26. The molecule has 0 aliphatic heterocycles. The lowest BCUT2D eigenvalue weighted by Crippen LogP contribution is -2.19. The smallest absolute Gasteiger partial charge is 0.256 e. The van der Waals surface area contributed by atoms with Crippen molar-refractivity contribution in [3.05, 3.63) is 58.8 Å². The molecule has 6 heteroatoms. The molecule has 0 saturated heterocycles. The number of nitrogens with one attached hydrogen (secondary N) is 1. The van der Waals surface area contributed by atoms with E-state index in [1.165, 1.54) is 6.92 Å². The summed E-state index contributed by atoms with van der Waals surface area (Å²) in [6, 6.07) is -5.57. The number of rotatable bonds is 7. The van der Waals surface area contributed by atoms with Gasteiger partial charge in [0.15, 0.2) is 0 Å². The van der Waals surface area contributed by atoms with Crippen molar-refractivity contribution in [3.63, 3.8) is 0 Å². The Hall–Kier alpha value is -3.17. The maximum absolute atomic E-state index is 8.95. The molecule has 4 rings (SSSR count). The van der Waals surface area contributed by atoms with Gasteiger partial charge in [-0.1, -0.05) is 30.2 Å². The molecule has 6 nitrogen and oxygen atoms in total. The third-order valence-electron chi connectivity index (χ3n) is 4.20. The van der Waals surface area contributed by atoms with Crippen molar-refractivity contribution in [2.45, 2.75) is 52.1 Å². The van der Waals surface area contributed by atoms with Crippen molar-refractivity contribution in [1.29, 1.82) is 0 Å². The molecule has 1 heterocycles. The predicted octanol–water partition coefficient (Wildman–Crippen LogP) is 5.73. The summed E-state index contributed by atoms with van der Waals surface area (Å²) in [6.45, 7) is 11.7. The first-order valence-corrected chi connectivity index (χ1v) is 9.26. The Morgan fingerprint density at radius 2 is 2.33 bits per heavy atom. The molecule has 0 amide bonds. The van der Waals surface area contributed by atoms with Crippen LogP contribution in [-0.2, 0) is 6.42 Å². The van der Waals surface area contributed by atoms with Crippen LogP contribution >= 0.6 is 0 Å². The van der Waals surface area contributed by atoms with E-state index in [9.17, 15) is 0 Å². The highest BCUT2D eigenvalue weighted by Crippen LogP contribution is 2.38. The standard InChI is InChI=1S/C24H26N4O2/c1-5-13-26-20-11-10-17-18(20)7-6-8-19(17)23-27-24(30-28-23)16-9-12-22(29-15(2)3)21(14-16)25-4/h6-9,12,14-15,20,26H,5,10-11,13H2,1-3H3/t20-/m0/s1/i5D2,6D,7D,8D,9D,11D2,12D,14D,20D. The third-order valence-corrected chi connectivity index (χ3v) is 4.20. The Labute approximate surface area is 192 Å². The molecular formula is C24H26N4O2. The Morgan fingerprint density at radius 3 is 3.10 bits per heavy atom. The molecule has 1 aliphatic carbocycles. The van der Waals surface area contributed by atoms with E-state index in [4.69, 9.17) is 30.9 Å². The van der Waals surface area contributed by atoms with E-state index in [-0.39, 0.29) is 39.5 Å². The van der Waals surface area contributed by atoms with Gasteiger partial charge in [-0.25, -0.2) is 4.85 Å². The van der Waals surface area contributed by atoms with Crippen molar-refractivity contribution < 1.29 is 24.3 Å². The summed E-state index contributed by atoms with van der Waals surface area (Å²) in [5.41, 5.74) is -1.12. The molecule has 2 aromatic carbocycles. The summed E-state index contributed by atoms with van der Waals surface area (Å²) in [4.78, 5) is 7.49. The average Bonchev–Trinajstić information content (AvgIpc) is 3.40. The average molecular weight is 414 g/mol. The molecule has 30 heavy (non-hydrogen) atoms. The second-order valence-corrected chi connectivity index (χ2v) is 6.67. The van der Waals surface area contributed by atoms with Gasteiger partial charge in [0.05, 0.1) is 20.9 Å². The Bertz CT molecular complexity index is 1590. The van der Waals surface area contributed by atoms with Gasteiger partial charge >= 0.3 is 0 Å². The largest absolute Gasteiger partial charge is 0.502 e. The van der Waals surface area contributed by atoms with Crippen molar-refractivity contribution in [1.82, 2.24) is 15.5 Å². The van der Waals surface area contributed by atoms with E-state index >= 15 is 0 Å². The fourth-order valence-electron chi connectivity index (χ4n) is 2.92. The van der Waals surface area contributed by atoms with Crippen molar-refractivity contribution >= 4 is 5.69 Å². The maximum Gasteiger partial charge on any atom is 0.256 e. The molecule has 0 spiro atoms. The first-order chi connectivity index (χ1) is 18.9. The third kappa shape index (κ3) is 3.94. The molecule has 0 bridgehead atoms. The van der Waals surface area contributed by atoms with Gasteiger partial charge in [0.25, 0.3) is 5.89 Å². The van der Waals surface area contributed by atoms with Gasteiger partial charge in [-0.15, -0.1) is 0 Å². The highest BCUT2D eigenvalue weighted by molar-refractivity contribution is 5.70. The monoisotopic (exact) mass is 413 g/mol. The summed E-state index contributed by atoms with van der Waals surface area (Å²) in [5.74, 6) is -1.00. The Kier molecular flexibility index (Phi) is 3.11. The van der Waals surface area contributed by atoms with Crippen LogP contribution in [-0.4, -0.2) is 22.8 Å². The minimum absolute atomic E-state index is 0.00610. The number of hydrogen-bond donors (Lipinski definition) is 1. The van der Waals surface area contributed by atoms with Crippen LogP contribution in [0.25, 0.3) is 27.7 Å². The topological polar surface area (TPSA) is 64.5 Å². The highest BCUT2D eigenvalue weighted by atomic mass is 16.5. The van der Waals surface area contributed by atoms with Gasteiger partial charge in [-0.2, -0.15) is 4.98 Å². The molecular weight excluding hydrogens is 376 g/mol. The summed E-state index contributed by atoms with van der Waals surface area (Å²) in [5, 5.41) is 6.41. The van der Waals surface area contributed by atoms with E-state index in [2.05, 4.69) is 20.3 Å². The van der Waals surface area contributed by atoms with Gasteiger partial charge < -0.3 is 14.6 Å². The first-order valence-electron chi connectivity index (χ1n) is 14.8. The quantitative estimate of drug-likeness (QED) is 0.501. The fraction of sp³-hybridized carbons (Fsp3) is 0.375. The normalized spacial score (nSPS) is 25.1. The van der Waals surface area contributed by atoms with Crippen LogP contribution in [0.4, 0.5) is 5.69 Å². The van der Waals surface area contributed by atoms with Crippen LogP contribution in [0.15, 0.2) is 40.8 Å². The van der Waals surface area contributed by atoms with Gasteiger partial charge in [0.2, 0.25) is 11.5 Å². The number of nitrogens with zero attached hydrogens (tertiary/aromatic N) is 3. The van der Waals surface area contributed by atoms with E-state index in [1.54, 1.807) is 13.8 Å². The van der Waals surface area contributed by atoms with E-state index in [0.717, 1.165) is 0 Å². The zero-order valence-electron chi connectivity index (χ0n) is 27.6. The Balaban J connectivity index is 1.93. The Morgan fingerprint density at radius 1 is 1.47 bits per heavy atom. The SMILES string of the molecule is [2H]c1c([2H])c(-c2noc(-c3c([2H])c([2H])c(OC(C)C)c([N+]#[C-])c3[2H])n2)c2c(c1[2H])[C@@]([2H])(NCC([2H])([2H])C)C([2H])([2H])C2. The van der Waals surface area contributed by atoms with Crippen LogP contribution in [0.5, 0.6) is 5.75 Å². The maximum atomic E-state index is 8.95. The molecule has 0 saturated carbocycles. The first kappa shape index (κ1) is 10.7. The van der Waals surface area contributed by atoms with Gasteiger partial charge in [-0.3, -0.25) is 0 Å². The summed E-state index contributed by atoms with van der Waals surface area (Å²) in [7, 11) is 0. The summed E-state index contributed by atoms with van der Waals surface area (Å²) < 4.78 is 103. The second-order valence-electron chi connectivity index (χ2n) is 6.67. The lowest BCUT2D eigenvalue weighted by Gasteiger charge is -2.13. The molecule has 1 aromatic heterocycles. The van der Waals surface area contributed by atoms with Crippen LogP contribution in [0.1, 0.15) is 65.7 Å². The van der Waals surface area contributed by atoms with E-state index in [0.29, 0.717) is 0 Å². The molecule has 1 N–H and O–H groups in total. The van der Waals surface area contributed by atoms with Gasteiger partial charge in [0.1, 0.15) is 5.75 Å². The van der Waals surface area contributed by atoms with Gasteiger partial charge in [0, 0.05) is 24.0 Å². The molecule has 0 radical (unpaired) electrons. The second kappa shape index (κ2) is 8.68. The summed E-state index contributed by atoms with van der Waals surface area (Å²) >= 11 is 0. The molecule has 1 aliphatic rings. The fourth-order valence-corrected chi connectivity index (χ4v) is 2.92. The zero-order valence-corrected chi connectivity index (χ0v) is 16.6. The number of fused-ring (bicyclic) bond motifs is 1. The van der Waals surface area contributed by atoms with E-state index < -0.39 is 80.0 Å². The predicted molar refractivity (Wildman–Crippen MR) is 117 cm³/mol.